The van der Waals surface area contributed by atoms with E-state index in [2.05, 4.69) is 33.9 Å². The molecule has 5 atom stereocenters. The van der Waals surface area contributed by atoms with Crippen molar-refractivity contribution in [2.24, 2.45) is 28.9 Å². The number of carbonyl (C=O) groups excluding carboxylic acids is 1. The smallest absolute Gasteiger partial charge is 0.239 e. The largest absolute Gasteiger partial charge is 0.373 e. The van der Waals surface area contributed by atoms with Gasteiger partial charge in [-0.2, -0.15) is 5.10 Å². The summed E-state index contributed by atoms with van der Waals surface area (Å²) >= 11 is 6.52. The Kier molecular flexibility index (Phi) is 5.66. The number of carbonyl (C=O) groups is 1. The molecule has 0 aromatic carbocycles. The van der Waals surface area contributed by atoms with Crippen molar-refractivity contribution >= 4 is 23.3 Å². The molecule has 1 aliphatic carbocycles. The minimum atomic E-state index is -0.702. The number of rotatable bonds is 5. The van der Waals surface area contributed by atoms with Gasteiger partial charge in [-0.05, 0) is 49.5 Å². The molecule has 0 bridgehead atoms. The Morgan fingerprint density at radius 2 is 1.97 bits per heavy atom. The second-order valence-corrected chi connectivity index (χ2v) is 11.3. The number of aliphatic hydroxyl groups excluding tert-OH is 1. The highest BCUT2D eigenvalue weighted by molar-refractivity contribution is 6.33. The van der Waals surface area contributed by atoms with Crippen LogP contribution in [-0.4, -0.2) is 56.0 Å². The number of fused-ring (bicyclic) bond motifs is 2. The van der Waals surface area contributed by atoms with Crippen molar-refractivity contribution < 1.29 is 9.90 Å². The monoisotopic (exact) mass is 472 g/mol. The van der Waals surface area contributed by atoms with E-state index in [1.807, 2.05) is 17.2 Å². The first-order valence-electron chi connectivity index (χ1n) is 11.8. The highest BCUT2D eigenvalue weighted by Gasteiger charge is 2.44. The van der Waals surface area contributed by atoms with Gasteiger partial charge in [0.25, 0.3) is 0 Å². The lowest BCUT2D eigenvalue weighted by molar-refractivity contribution is -0.131. The van der Waals surface area contributed by atoms with Crippen LogP contribution in [0.5, 0.6) is 0 Å². The van der Waals surface area contributed by atoms with Crippen molar-refractivity contribution in [2.75, 3.05) is 18.4 Å². The molecule has 2 aromatic rings. The van der Waals surface area contributed by atoms with Crippen LogP contribution in [0.3, 0.4) is 0 Å². The fraction of sp³-hybridized carbons (Fsp3) is 0.625. The van der Waals surface area contributed by atoms with Crippen molar-refractivity contribution in [1.82, 2.24) is 19.7 Å². The SMILES string of the molecule is C[C@H](N)C(=O)N1C[C@H]2CC(C(O)Nc3cc(-c4cnn5c4CC(C)(C)C5)c(Cl)cn3)C[C@H]2C1. The molecule has 0 spiro atoms. The number of nitrogens with zero attached hydrogens (tertiary/aromatic N) is 4. The number of anilines is 1. The minimum Gasteiger partial charge on any atom is -0.373 e. The average molecular weight is 473 g/mol. The zero-order chi connectivity index (χ0) is 23.5. The first-order valence-corrected chi connectivity index (χ1v) is 12.2. The van der Waals surface area contributed by atoms with Crippen LogP contribution in [0.2, 0.25) is 5.02 Å². The van der Waals surface area contributed by atoms with E-state index in [0.717, 1.165) is 50.0 Å². The topological polar surface area (TPSA) is 109 Å². The number of hydrogen-bond acceptors (Lipinski definition) is 6. The molecular formula is C24H33ClN6O2. The molecule has 0 radical (unpaired) electrons. The fourth-order valence-corrected chi connectivity index (χ4v) is 6.14. The summed E-state index contributed by atoms with van der Waals surface area (Å²) < 4.78 is 2.06. The molecule has 2 unspecified atom stereocenters. The molecule has 2 aliphatic heterocycles. The van der Waals surface area contributed by atoms with Gasteiger partial charge >= 0.3 is 0 Å². The number of pyridine rings is 1. The number of aromatic nitrogens is 3. The van der Waals surface area contributed by atoms with Crippen molar-refractivity contribution in [3.05, 3.63) is 29.2 Å². The molecule has 1 amide bonds. The minimum absolute atomic E-state index is 0.0209. The van der Waals surface area contributed by atoms with E-state index in [4.69, 9.17) is 17.3 Å². The summed E-state index contributed by atoms with van der Waals surface area (Å²) in [5, 5.41) is 19.3. The second kappa shape index (κ2) is 8.25. The molecule has 4 N–H and O–H groups in total. The molecule has 4 heterocycles. The van der Waals surface area contributed by atoms with Gasteiger partial charge < -0.3 is 21.1 Å². The zero-order valence-electron chi connectivity index (χ0n) is 19.5. The number of nitrogens with one attached hydrogen (secondary N) is 1. The molecule has 33 heavy (non-hydrogen) atoms. The van der Waals surface area contributed by atoms with E-state index in [-0.39, 0.29) is 17.2 Å². The Morgan fingerprint density at radius 3 is 2.64 bits per heavy atom. The molecule has 3 aliphatic rings. The van der Waals surface area contributed by atoms with E-state index in [0.29, 0.717) is 22.7 Å². The maximum Gasteiger partial charge on any atom is 0.239 e. The predicted octanol–water partition coefficient (Wildman–Crippen LogP) is 2.74. The molecule has 2 aromatic heterocycles. The van der Waals surface area contributed by atoms with Crippen LogP contribution in [0.25, 0.3) is 11.1 Å². The van der Waals surface area contributed by atoms with E-state index < -0.39 is 12.3 Å². The average Bonchev–Trinajstić information content (AvgIpc) is 3.47. The summed E-state index contributed by atoms with van der Waals surface area (Å²) in [6, 6.07) is 1.45. The molecule has 5 rings (SSSR count). The van der Waals surface area contributed by atoms with Crippen LogP contribution < -0.4 is 11.1 Å². The molecule has 178 valence electrons. The zero-order valence-corrected chi connectivity index (χ0v) is 20.2. The summed E-state index contributed by atoms with van der Waals surface area (Å²) in [6.45, 7) is 8.59. The van der Waals surface area contributed by atoms with E-state index >= 15 is 0 Å². The van der Waals surface area contributed by atoms with Crippen LogP contribution in [0.1, 0.15) is 39.3 Å². The Balaban J connectivity index is 1.26. The van der Waals surface area contributed by atoms with Gasteiger partial charge in [0.2, 0.25) is 5.91 Å². The van der Waals surface area contributed by atoms with E-state index in [1.165, 1.54) is 5.69 Å². The van der Waals surface area contributed by atoms with Crippen molar-refractivity contribution in [1.29, 1.82) is 0 Å². The lowest BCUT2D eigenvalue weighted by Crippen LogP contribution is -2.41. The highest BCUT2D eigenvalue weighted by Crippen LogP contribution is 2.43. The molecule has 9 heteroatoms. The highest BCUT2D eigenvalue weighted by atomic mass is 35.5. The lowest BCUT2D eigenvalue weighted by atomic mass is 9.89. The van der Waals surface area contributed by atoms with E-state index in [9.17, 15) is 9.90 Å². The summed E-state index contributed by atoms with van der Waals surface area (Å²) in [5.41, 5.74) is 9.04. The van der Waals surface area contributed by atoms with E-state index in [1.54, 1.807) is 13.1 Å². The van der Waals surface area contributed by atoms with Gasteiger partial charge in [-0.1, -0.05) is 25.4 Å². The number of amides is 1. The van der Waals surface area contributed by atoms with Gasteiger partial charge in [0, 0.05) is 48.6 Å². The third kappa shape index (κ3) is 4.24. The summed E-state index contributed by atoms with van der Waals surface area (Å²) in [5.74, 6) is 1.58. The molecule has 1 saturated carbocycles. The third-order valence-electron chi connectivity index (χ3n) is 7.55. The maximum atomic E-state index is 12.2. The standard InChI is InChI=1S/C24H33ClN6O2/c1-13(26)23(33)30-10-15-4-14(5-16(15)11-30)22(32)29-21-6-17(19(25)9-27-21)18-8-28-31-12-24(2,3)7-20(18)31/h6,8-9,13-16,22,32H,4-5,7,10-12,26H2,1-3H3,(H,27,29)/t13-,14?,15-,16+,22?/m0/s1. The van der Waals surface area contributed by atoms with Gasteiger partial charge in [0.15, 0.2) is 0 Å². The van der Waals surface area contributed by atoms with Crippen LogP contribution in [0.4, 0.5) is 5.82 Å². The van der Waals surface area contributed by atoms with Crippen molar-refractivity contribution in [2.45, 2.75) is 58.8 Å². The Labute approximate surface area is 199 Å². The van der Waals surface area contributed by atoms with Crippen LogP contribution in [0, 0.1) is 23.2 Å². The van der Waals surface area contributed by atoms with Gasteiger partial charge in [0.1, 0.15) is 12.0 Å². The number of likely N-dealkylation sites (tertiary alicyclic amines) is 1. The number of aliphatic hydroxyl groups is 1. The predicted molar refractivity (Wildman–Crippen MR) is 128 cm³/mol. The fourth-order valence-electron chi connectivity index (χ4n) is 5.94. The van der Waals surface area contributed by atoms with Gasteiger partial charge in [-0.3, -0.25) is 9.48 Å². The Bertz CT molecular complexity index is 1050. The molecule has 2 fully saturated rings. The normalized spacial score (nSPS) is 27.3. The third-order valence-corrected chi connectivity index (χ3v) is 7.85. The van der Waals surface area contributed by atoms with Crippen molar-refractivity contribution in [3.8, 4) is 11.1 Å². The molecule has 1 saturated heterocycles. The van der Waals surface area contributed by atoms with Crippen molar-refractivity contribution in [3.63, 3.8) is 0 Å². The lowest BCUT2D eigenvalue weighted by Gasteiger charge is -2.24. The first-order chi connectivity index (χ1) is 15.6. The van der Waals surface area contributed by atoms with Gasteiger partial charge in [-0.15, -0.1) is 0 Å². The second-order valence-electron chi connectivity index (χ2n) is 10.9. The summed E-state index contributed by atoms with van der Waals surface area (Å²) in [4.78, 5) is 18.5. The number of nitrogens with two attached hydrogens (primary N) is 1. The summed E-state index contributed by atoms with van der Waals surface area (Å²) in [6.07, 6.45) is 5.52. The van der Waals surface area contributed by atoms with Crippen LogP contribution in [0.15, 0.2) is 18.5 Å². The maximum absolute atomic E-state index is 12.2. The van der Waals surface area contributed by atoms with Crippen LogP contribution >= 0.6 is 11.6 Å². The first kappa shape index (κ1) is 22.6. The van der Waals surface area contributed by atoms with Gasteiger partial charge in [-0.25, -0.2) is 4.98 Å². The molecular weight excluding hydrogens is 440 g/mol. The van der Waals surface area contributed by atoms with Gasteiger partial charge in [0.05, 0.1) is 17.3 Å². The quantitative estimate of drug-likeness (QED) is 0.577. The van der Waals surface area contributed by atoms with Crippen LogP contribution in [-0.2, 0) is 17.8 Å². The number of halogens is 1. The molecule has 8 nitrogen and oxygen atoms in total. The Morgan fingerprint density at radius 1 is 1.27 bits per heavy atom. The number of hydrogen-bond donors (Lipinski definition) is 3. The Hall–Kier alpha value is -2.16. The summed E-state index contributed by atoms with van der Waals surface area (Å²) in [7, 11) is 0.